The molecule has 4 N–H and O–H groups in total. The second kappa shape index (κ2) is 11.6. The first-order valence-corrected chi connectivity index (χ1v) is 13.6. The molecule has 2 aromatic carbocycles. The molecular weight excluding hydrogens is 524 g/mol. The Bertz CT molecular complexity index is 1680. The Labute approximate surface area is 235 Å². The number of aromatic hydroxyl groups is 1. The molecule has 0 spiro atoms. The Morgan fingerprint density at radius 1 is 1.07 bits per heavy atom. The first-order valence-electron chi connectivity index (χ1n) is 12.8. The quantitative estimate of drug-likeness (QED) is 0.220. The third-order valence-corrected chi connectivity index (χ3v) is 7.87. The summed E-state index contributed by atoms with van der Waals surface area (Å²) in [6.07, 6.45) is 0. The summed E-state index contributed by atoms with van der Waals surface area (Å²) in [5, 5.41) is 41.8. The van der Waals surface area contributed by atoms with Gasteiger partial charge in [-0.25, -0.2) is 4.98 Å². The number of nitrogens with zero attached hydrogens (tertiary/aromatic N) is 4. The maximum atomic E-state index is 10.5. The highest BCUT2D eigenvalue weighted by Gasteiger charge is 2.24. The van der Waals surface area contributed by atoms with Crippen molar-refractivity contribution >= 4 is 34.5 Å². The number of rotatable bonds is 4. The van der Waals surface area contributed by atoms with Crippen molar-refractivity contribution in [3.63, 3.8) is 0 Å². The van der Waals surface area contributed by atoms with E-state index >= 15 is 0 Å². The molecule has 5 aromatic rings. The number of aromatic amines is 1. The van der Waals surface area contributed by atoms with Crippen molar-refractivity contribution in [2.45, 2.75) is 13.8 Å². The Morgan fingerprint density at radius 2 is 1.75 bits per heavy atom. The van der Waals surface area contributed by atoms with Crippen LogP contribution < -0.4 is 10.2 Å². The van der Waals surface area contributed by atoms with Gasteiger partial charge in [0.05, 0.1) is 27.2 Å². The van der Waals surface area contributed by atoms with E-state index in [9.17, 15) is 10.4 Å². The molecule has 4 heterocycles. The van der Waals surface area contributed by atoms with Gasteiger partial charge in [0.15, 0.2) is 5.65 Å². The lowest BCUT2D eigenvalue weighted by Gasteiger charge is -2.29. The maximum absolute atomic E-state index is 10.5. The minimum absolute atomic E-state index is 0.250. The van der Waals surface area contributed by atoms with Crippen LogP contribution in [0.2, 0.25) is 0 Å². The van der Waals surface area contributed by atoms with E-state index in [2.05, 4.69) is 50.7 Å². The van der Waals surface area contributed by atoms with Crippen molar-refractivity contribution in [1.29, 1.82) is 5.26 Å². The van der Waals surface area contributed by atoms with Crippen molar-refractivity contribution in [2.24, 2.45) is 0 Å². The predicted octanol–water partition coefficient (Wildman–Crippen LogP) is 5.32. The third kappa shape index (κ3) is 5.00. The summed E-state index contributed by atoms with van der Waals surface area (Å²) in [5.74, 6) is 0.256. The number of carboxylic acid groups (broad SMARTS) is 1. The zero-order valence-electron chi connectivity index (χ0n) is 22.1. The number of phenolic OH excluding ortho intramolecular Hbond substituents is 1. The van der Waals surface area contributed by atoms with Gasteiger partial charge in [-0.15, -0.1) is 11.3 Å². The van der Waals surface area contributed by atoms with E-state index in [1.54, 1.807) is 11.3 Å². The number of piperazine rings is 1. The Kier molecular flexibility index (Phi) is 7.77. The Balaban J connectivity index is 0.00000103. The summed E-state index contributed by atoms with van der Waals surface area (Å²) < 4.78 is 0. The molecule has 40 heavy (non-hydrogen) atoms. The zero-order valence-corrected chi connectivity index (χ0v) is 22.9. The number of phenols is 1. The lowest BCUT2D eigenvalue weighted by atomic mass is 9.91. The Hall–Kier alpha value is -4.72. The zero-order chi connectivity index (χ0) is 28.2. The molecule has 0 saturated carbocycles. The number of fused-ring (bicyclic) bond motifs is 1. The van der Waals surface area contributed by atoms with Crippen LogP contribution in [0.5, 0.6) is 5.75 Å². The number of benzene rings is 2. The summed E-state index contributed by atoms with van der Waals surface area (Å²) in [6, 6.07) is 18.7. The molecule has 0 bridgehead atoms. The molecule has 0 amide bonds. The van der Waals surface area contributed by atoms with Crippen LogP contribution in [0.25, 0.3) is 44.0 Å². The van der Waals surface area contributed by atoms with Crippen LogP contribution in [0.4, 0.5) is 5.69 Å². The van der Waals surface area contributed by atoms with Gasteiger partial charge in [0.2, 0.25) is 0 Å². The molecule has 3 aromatic heterocycles. The van der Waals surface area contributed by atoms with Crippen molar-refractivity contribution in [2.75, 3.05) is 31.1 Å². The van der Waals surface area contributed by atoms with Crippen molar-refractivity contribution in [1.82, 2.24) is 20.5 Å². The van der Waals surface area contributed by atoms with Gasteiger partial charge in [0, 0.05) is 43.0 Å². The van der Waals surface area contributed by atoms with E-state index in [1.807, 2.05) is 43.5 Å². The first kappa shape index (κ1) is 26.9. The third-order valence-electron chi connectivity index (χ3n) is 6.98. The minimum Gasteiger partial charge on any atom is -0.507 e. The molecule has 9 nitrogen and oxygen atoms in total. The fraction of sp³-hybridized carbons (Fsp3) is 0.200. The van der Waals surface area contributed by atoms with Crippen LogP contribution in [0.15, 0.2) is 53.9 Å². The molecule has 1 aliphatic heterocycles. The summed E-state index contributed by atoms with van der Waals surface area (Å²) >= 11 is 1.62. The maximum Gasteiger partial charge on any atom is 0.290 e. The second-order valence-corrected chi connectivity index (χ2v) is 10.4. The molecule has 1 saturated heterocycles. The number of aromatic nitrogens is 3. The van der Waals surface area contributed by atoms with Crippen LogP contribution >= 0.6 is 11.3 Å². The highest BCUT2D eigenvalue weighted by molar-refractivity contribution is 7.13. The average Bonchev–Trinajstić information content (AvgIpc) is 3.66. The van der Waals surface area contributed by atoms with Gasteiger partial charge in [-0.05, 0) is 66.2 Å². The van der Waals surface area contributed by atoms with Gasteiger partial charge < -0.3 is 20.4 Å². The van der Waals surface area contributed by atoms with Crippen molar-refractivity contribution < 1.29 is 15.0 Å². The molecule has 1 fully saturated rings. The standard InChI is InChI=1S/C29H26N6OS.CH2O2/c1-17-14-20(15-18(2)28(17)36)26-22(16-30)24(19-5-7-21(8-6-19)35-11-9-31-10-12-35)25-27(23-4-3-13-37-23)33-34-29(25)32-26;2-1-3/h3-8,13-15,31,36H,9-12H2,1-2H3,(H,32,33,34);1H,(H,2,3). The number of nitriles is 1. The number of pyridine rings is 1. The molecule has 202 valence electrons. The normalized spacial score (nSPS) is 13.0. The van der Waals surface area contributed by atoms with E-state index in [0.717, 1.165) is 70.0 Å². The smallest absolute Gasteiger partial charge is 0.290 e. The topological polar surface area (TPSA) is 138 Å². The fourth-order valence-corrected chi connectivity index (χ4v) is 5.84. The summed E-state index contributed by atoms with van der Waals surface area (Å²) in [5.41, 5.74) is 7.66. The van der Waals surface area contributed by atoms with E-state index in [1.165, 1.54) is 5.69 Å². The van der Waals surface area contributed by atoms with Gasteiger partial charge in [0.25, 0.3) is 6.47 Å². The van der Waals surface area contributed by atoms with Crippen molar-refractivity contribution in [3.8, 4) is 44.8 Å². The van der Waals surface area contributed by atoms with Gasteiger partial charge in [0.1, 0.15) is 11.8 Å². The number of nitrogens with one attached hydrogen (secondary N) is 2. The van der Waals surface area contributed by atoms with Crippen LogP contribution in [0, 0.1) is 25.2 Å². The number of carbonyl (C=O) groups is 1. The van der Waals surface area contributed by atoms with Crippen LogP contribution in [0.1, 0.15) is 16.7 Å². The van der Waals surface area contributed by atoms with E-state index in [-0.39, 0.29) is 12.2 Å². The molecule has 1 aliphatic rings. The van der Waals surface area contributed by atoms with Crippen molar-refractivity contribution in [3.05, 3.63) is 70.6 Å². The monoisotopic (exact) mass is 552 g/mol. The number of aryl methyl sites for hydroxylation is 2. The number of hydrogen-bond acceptors (Lipinski definition) is 8. The lowest BCUT2D eigenvalue weighted by Crippen LogP contribution is -2.43. The van der Waals surface area contributed by atoms with Gasteiger partial charge in [-0.3, -0.25) is 9.89 Å². The highest BCUT2D eigenvalue weighted by Crippen LogP contribution is 2.42. The lowest BCUT2D eigenvalue weighted by molar-refractivity contribution is -0.122. The SMILES string of the molecule is Cc1cc(-c2nc3n[nH]c(-c4cccs4)c3c(-c3ccc(N4CCNCC4)cc3)c2C#N)cc(C)c1O.O=CO. The fourth-order valence-electron chi connectivity index (χ4n) is 5.12. The number of thiophene rings is 1. The average molecular weight is 553 g/mol. The number of anilines is 1. The molecular formula is C30H28N6O3S. The first-order chi connectivity index (χ1) is 19.5. The van der Waals surface area contributed by atoms with Crippen LogP contribution in [-0.2, 0) is 4.79 Å². The Morgan fingerprint density at radius 3 is 2.35 bits per heavy atom. The van der Waals surface area contributed by atoms with Gasteiger partial charge in [-0.1, -0.05) is 18.2 Å². The van der Waals surface area contributed by atoms with Crippen LogP contribution in [0.3, 0.4) is 0 Å². The van der Waals surface area contributed by atoms with E-state index in [4.69, 9.17) is 14.9 Å². The largest absolute Gasteiger partial charge is 0.507 e. The minimum atomic E-state index is -0.250. The van der Waals surface area contributed by atoms with E-state index < -0.39 is 0 Å². The number of H-pyrrole nitrogens is 1. The molecule has 0 atom stereocenters. The summed E-state index contributed by atoms with van der Waals surface area (Å²) in [4.78, 5) is 16.6. The molecule has 0 aliphatic carbocycles. The summed E-state index contributed by atoms with van der Waals surface area (Å²) in [6.45, 7) is 7.34. The molecule has 0 unspecified atom stereocenters. The van der Waals surface area contributed by atoms with Gasteiger partial charge in [-0.2, -0.15) is 10.4 Å². The molecule has 0 radical (unpaired) electrons. The summed E-state index contributed by atoms with van der Waals surface area (Å²) in [7, 11) is 0. The number of hydrogen-bond donors (Lipinski definition) is 4. The molecule has 10 heteroatoms. The highest BCUT2D eigenvalue weighted by atomic mass is 32.1. The van der Waals surface area contributed by atoms with Crippen LogP contribution in [-0.4, -0.2) is 58.0 Å². The molecule has 6 rings (SSSR count). The van der Waals surface area contributed by atoms with E-state index in [0.29, 0.717) is 16.9 Å². The van der Waals surface area contributed by atoms with Gasteiger partial charge >= 0.3 is 0 Å². The second-order valence-electron chi connectivity index (χ2n) is 9.44. The predicted molar refractivity (Wildman–Crippen MR) is 158 cm³/mol.